The van der Waals surface area contributed by atoms with Crippen molar-refractivity contribution in [1.29, 1.82) is 0 Å². The van der Waals surface area contributed by atoms with Crippen LogP contribution in [0.25, 0.3) is 0 Å². The van der Waals surface area contributed by atoms with Gasteiger partial charge in [-0.25, -0.2) is 0 Å². The summed E-state index contributed by atoms with van der Waals surface area (Å²) in [6.45, 7) is 0.847. The van der Waals surface area contributed by atoms with Crippen LogP contribution in [0, 0.1) is 0 Å². The number of carbonyl (C=O) groups is 2. The number of amides is 2. The van der Waals surface area contributed by atoms with Gasteiger partial charge in [0.2, 0.25) is 0 Å². The zero-order valence-electron chi connectivity index (χ0n) is 11.1. The maximum atomic E-state index is 12.2. The summed E-state index contributed by atoms with van der Waals surface area (Å²) >= 11 is 0. The average molecular weight is 278 g/mol. The molecule has 1 saturated heterocycles. The van der Waals surface area contributed by atoms with E-state index in [1.54, 1.807) is 29.2 Å². The van der Waals surface area contributed by atoms with Crippen molar-refractivity contribution < 1.29 is 19.4 Å². The lowest BCUT2D eigenvalue weighted by Gasteiger charge is -2.30. The van der Waals surface area contributed by atoms with Gasteiger partial charge < -0.3 is 20.5 Å². The Hall–Kier alpha value is -2.08. The Morgan fingerprint density at radius 2 is 2.05 bits per heavy atom. The minimum Gasteiger partial charge on any atom is -0.484 e. The van der Waals surface area contributed by atoms with E-state index >= 15 is 0 Å². The van der Waals surface area contributed by atoms with Crippen molar-refractivity contribution in [2.45, 2.75) is 18.9 Å². The van der Waals surface area contributed by atoms with Crippen LogP contribution in [0.1, 0.15) is 23.2 Å². The largest absolute Gasteiger partial charge is 0.484 e. The van der Waals surface area contributed by atoms with E-state index < -0.39 is 12.0 Å². The number of rotatable bonds is 4. The van der Waals surface area contributed by atoms with Crippen LogP contribution < -0.4 is 10.5 Å². The number of β-amino-alcohol motifs (C(OH)–C–C–N with tert-alkyl or cyclic N) is 1. The molecule has 2 amide bonds. The molecule has 0 aromatic heterocycles. The highest BCUT2D eigenvalue weighted by molar-refractivity contribution is 5.94. The summed E-state index contributed by atoms with van der Waals surface area (Å²) < 4.78 is 5.13. The number of hydrogen-bond acceptors (Lipinski definition) is 4. The SMILES string of the molecule is NC(=O)COc1ccc(C(=O)N2CCC[C@H](O)C2)cc1. The Bertz CT molecular complexity index is 486. The second-order valence-corrected chi connectivity index (χ2v) is 4.83. The number of ether oxygens (including phenoxy) is 1. The Kier molecular flexibility index (Phi) is 4.57. The summed E-state index contributed by atoms with van der Waals surface area (Å²) in [6.07, 6.45) is 1.11. The predicted octanol–water partition coefficient (Wildman–Crippen LogP) is 0.148. The number of hydrogen-bond donors (Lipinski definition) is 2. The lowest BCUT2D eigenvalue weighted by Crippen LogP contribution is -2.42. The number of nitrogens with zero attached hydrogens (tertiary/aromatic N) is 1. The molecule has 6 heteroatoms. The highest BCUT2D eigenvalue weighted by Gasteiger charge is 2.22. The molecular weight excluding hydrogens is 260 g/mol. The second kappa shape index (κ2) is 6.38. The molecule has 20 heavy (non-hydrogen) atoms. The molecular formula is C14H18N2O4. The normalized spacial score (nSPS) is 18.6. The summed E-state index contributed by atoms with van der Waals surface area (Å²) in [5.41, 5.74) is 5.51. The highest BCUT2D eigenvalue weighted by atomic mass is 16.5. The van der Waals surface area contributed by atoms with Crippen LogP contribution in [0.15, 0.2) is 24.3 Å². The fourth-order valence-electron chi connectivity index (χ4n) is 2.17. The van der Waals surface area contributed by atoms with Crippen molar-refractivity contribution >= 4 is 11.8 Å². The Balaban J connectivity index is 1.98. The first-order chi connectivity index (χ1) is 9.56. The molecule has 3 N–H and O–H groups in total. The summed E-state index contributed by atoms with van der Waals surface area (Å²) in [4.78, 5) is 24.5. The van der Waals surface area contributed by atoms with Gasteiger partial charge in [-0.05, 0) is 37.1 Å². The highest BCUT2D eigenvalue weighted by Crippen LogP contribution is 2.16. The minimum absolute atomic E-state index is 0.106. The molecule has 0 radical (unpaired) electrons. The van der Waals surface area contributed by atoms with E-state index in [4.69, 9.17) is 10.5 Å². The third-order valence-electron chi connectivity index (χ3n) is 3.17. The topological polar surface area (TPSA) is 92.9 Å². The molecule has 0 unspecified atom stereocenters. The number of aliphatic hydroxyl groups excluding tert-OH is 1. The van der Waals surface area contributed by atoms with Crippen LogP contribution in [-0.2, 0) is 4.79 Å². The molecule has 0 aliphatic carbocycles. The first kappa shape index (κ1) is 14.3. The van der Waals surface area contributed by atoms with Crippen LogP contribution in [0.2, 0.25) is 0 Å². The van der Waals surface area contributed by atoms with E-state index in [0.717, 1.165) is 12.8 Å². The molecule has 1 heterocycles. The van der Waals surface area contributed by atoms with Crippen molar-refractivity contribution in [3.05, 3.63) is 29.8 Å². The van der Waals surface area contributed by atoms with Gasteiger partial charge in [0.05, 0.1) is 6.10 Å². The number of nitrogens with two attached hydrogens (primary N) is 1. The van der Waals surface area contributed by atoms with Gasteiger partial charge in [0, 0.05) is 18.7 Å². The van der Waals surface area contributed by atoms with Gasteiger partial charge in [-0.2, -0.15) is 0 Å². The zero-order chi connectivity index (χ0) is 14.5. The standard InChI is InChI=1S/C14H18N2O4/c15-13(18)9-20-12-5-3-10(4-6-12)14(19)16-7-1-2-11(17)8-16/h3-6,11,17H,1-2,7-9H2,(H2,15,18)/t11-/m0/s1. The fourth-order valence-corrected chi connectivity index (χ4v) is 2.17. The molecule has 1 aliphatic heterocycles. The maximum absolute atomic E-state index is 12.2. The van der Waals surface area contributed by atoms with Gasteiger partial charge in [-0.1, -0.05) is 0 Å². The fraction of sp³-hybridized carbons (Fsp3) is 0.429. The van der Waals surface area contributed by atoms with Gasteiger partial charge in [-0.15, -0.1) is 0 Å². The number of aliphatic hydroxyl groups is 1. The predicted molar refractivity (Wildman–Crippen MR) is 72.3 cm³/mol. The molecule has 6 nitrogen and oxygen atoms in total. The summed E-state index contributed by atoms with van der Waals surface area (Å²) in [7, 11) is 0. The number of primary amides is 1. The minimum atomic E-state index is -0.549. The molecule has 2 rings (SSSR count). The molecule has 1 fully saturated rings. The Morgan fingerprint density at radius 1 is 1.35 bits per heavy atom. The quantitative estimate of drug-likeness (QED) is 0.819. The van der Waals surface area contributed by atoms with Crippen LogP contribution in [0.4, 0.5) is 0 Å². The van der Waals surface area contributed by atoms with Crippen molar-refractivity contribution in [2.75, 3.05) is 19.7 Å². The van der Waals surface area contributed by atoms with E-state index in [2.05, 4.69) is 0 Å². The smallest absolute Gasteiger partial charge is 0.255 e. The van der Waals surface area contributed by atoms with Crippen molar-refractivity contribution in [3.63, 3.8) is 0 Å². The van der Waals surface area contributed by atoms with Crippen molar-refractivity contribution in [1.82, 2.24) is 4.90 Å². The number of piperidine rings is 1. The lowest BCUT2D eigenvalue weighted by atomic mass is 10.1. The van der Waals surface area contributed by atoms with Gasteiger partial charge >= 0.3 is 0 Å². The third-order valence-corrected chi connectivity index (χ3v) is 3.17. The van der Waals surface area contributed by atoms with Crippen LogP contribution >= 0.6 is 0 Å². The summed E-state index contributed by atoms with van der Waals surface area (Å²) in [6, 6.07) is 6.52. The van der Waals surface area contributed by atoms with Crippen LogP contribution in [-0.4, -0.2) is 47.6 Å². The number of benzene rings is 1. The van der Waals surface area contributed by atoms with Gasteiger partial charge in [-0.3, -0.25) is 9.59 Å². The van der Waals surface area contributed by atoms with Crippen LogP contribution in [0.5, 0.6) is 5.75 Å². The van der Waals surface area contributed by atoms with Gasteiger partial charge in [0.25, 0.3) is 11.8 Å². The average Bonchev–Trinajstić information content (AvgIpc) is 2.45. The Labute approximate surface area is 117 Å². The molecule has 1 aromatic rings. The zero-order valence-corrected chi connectivity index (χ0v) is 11.1. The van der Waals surface area contributed by atoms with Crippen molar-refractivity contribution in [3.8, 4) is 5.75 Å². The van der Waals surface area contributed by atoms with Crippen molar-refractivity contribution in [2.24, 2.45) is 5.73 Å². The maximum Gasteiger partial charge on any atom is 0.255 e. The second-order valence-electron chi connectivity index (χ2n) is 4.83. The number of likely N-dealkylation sites (tertiary alicyclic amines) is 1. The first-order valence-electron chi connectivity index (χ1n) is 6.55. The molecule has 1 aromatic carbocycles. The third kappa shape index (κ3) is 3.71. The summed E-state index contributed by atoms with van der Waals surface area (Å²) in [5, 5.41) is 9.58. The van der Waals surface area contributed by atoms with Gasteiger partial charge in [0.1, 0.15) is 5.75 Å². The molecule has 0 bridgehead atoms. The Morgan fingerprint density at radius 3 is 2.65 bits per heavy atom. The molecule has 0 saturated carbocycles. The number of carbonyl (C=O) groups excluding carboxylic acids is 2. The van der Waals surface area contributed by atoms with E-state index in [9.17, 15) is 14.7 Å². The van der Waals surface area contributed by atoms with Crippen LogP contribution in [0.3, 0.4) is 0 Å². The molecule has 108 valence electrons. The molecule has 1 atom stereocenters. The van der Waals surface area contributed by atoms with E-state index in [1.807, 2.05) is 0 Å². The van der Waals surface area contributed by atoms with E-state index in [0.29, 0.717) is 24.4 Å². The van der Waals surface area contributed by atoms with Gasteiger partial charge in [0.15, 0.2) is 6.61 Å². The van der Waals surface area contributed by atoms with E-state index in [1.165, 1.54) is 0 Å². The molecule has 1 aliphatic rings. The lowest BCUT2D eigenvalue weighted by molar-refractivity contribution is -0.119. The monoisotopic (exact) mass is 278 g/mol. The first-order valence-corrected chi connectivity index (χ1v) is 6.55. The summed E-state index contributed by atoms with van der Waals surface area (Å²) in [5.74, 6) is -0.170. The van der Waals surface area contributed by atoms with E-state index in [-0.39, 0.29) is 12.5 Å². The molecule has 0 spiro atoms.